The van der Waals surface area contributed by atoms with E-state index in [9.17, 15) is 14.4 Å². The average Bonchev–Trinajstić information content (AvgIpc) is 3.17. The highest BCUT2D eigenvalue weighted by Gasteiger charge is 2.37. The van der Waals surface area contributed by atoms with Crippen molar-refractivity contribution in [2.75, 3.05) is 4.90 Å². The predicted molar refractivity (Wildman–Crippen MR) is 123 cm³/mol. The van der Waals surface area contributed by atoms with Crippen molar-refractivity contribution in [1.82, 2.24) is 0 Å². The molecule has 5 nitrogen and oxygen atoms in total. The van der Waals surface area contributed by atoms with Crippen LogP contribution in [0.2, 0.25) is 0 Å². The van der Waals surface area contributed by atoms with Crippen molar-refractivity contribution < 1.29 is 14.0 Å². The van der Waals surface area contributed by atoms with Crippen LogP contribution in [-0.4, -0.2) is 11.8 Å². The van der Waals surface area contributed by atoms with Crippen LogP contribution in [0.15, 0.2) is 100 Å². The first kappa shape index (κ1) is 19.7. The fourth-order valence-electron chi connectivity index (χ4n) is 4.11. The molecule has 0 aliphatic carbocycles. The molecule has 5 heteroatoms. The van der Waals surface area contributed by atoms with Crippen molar-refractivity contribution in [2.45, 2.75) is 12.8 Å². The van der Waals surface area contributed by atoms with E-state index >= 15 is 0 Å². The minimum atomic E-state index is -0.717. The lowest BCUT2D eigenvalue weighted by Gasteiger charge is -2.22. The molecule has 0 spiro atoms. The lowest BCUT2D eigenvalue weighted by Crippen LogP contribution is -2.33. The van der Waals surface area contributed by atoms with E-state index in [0.29, 0.717) is 16.9 Å². The van der Waals surface area contributed by atoms with E-state index < -0.39 is 17.4 Å². The molecular formula is C27H19NO4. The van der Waals surface area contributed by atoms with Gasteiger partial charge >= 0.3 is 5.63 Å². The Morgan fingerprint density at radius 1 is 0.562 bits per heavy atom. The Balaban J connectivity index is 1.95. The van der Waals surface area contributed by atoms with E-state index in [2.05, 4.69) is 0 Å². The molecule has 0 unspecified atom stereocenters. The molecule has 1 aliphatic heterocycles. The highest BCUT2D eigenvalue weighted by atomic mass is 16.4. The van der Waals surface area contributed by atoms with Gasteiger partial charge in [0.15, 0.2) is 0 Å². The smallest absolute Gasteiger partial charge is 0.361 e. The van der Waals surface area contributed by atoms with Crippen LogP contribution in [0.4, 0.5) is 5.69 Å². The molecule has 2 heterocycles. The molecule has 0 bridgehead atoms. The number of anilines is 1. The van der Waals surface area contributed by atoms with Crippen LogP contribution in [0.5, 0.6) is 0 Å². The lowest BCUT2D eigenvalue weighted by molar-refractivity contribution is -0.121. The van der Waals surface area contributed by atoms with Crippen LogP contribution < -0.4 is 10.5 Å². The number of amides is 2. The lowest BCUT2D eigenvalue weighted by atomic mass is 9.90. The Morgan fingerprint density at radius 2 is 1.00 bits per heavy atom. The van der Waals surface area contributed by atoms with Crippen molar-refractivity contribution in [3.63, 3.8) is 0 Å². The number of rotatable bonds is 4. The van der Waals surface area contributed by atoms with E-state index in [0.717, 1.165) is 21.6 Å². The number of benzene rings is 3. The first-order valence-corrected chi connectivity index (χ1v) is 10.4. The van der Waals surface area contributed by atoms with Crippen LogP contribution in [-0.2, 0) is 9.59 Å². The van der Waals surface area contributed by atoms with Gasteiger partial charge in [-0.05, 0) is 11.1 Å². The van der Waals surface area contributed by atoms with Gasteiger partial charge in [-0.15, -0.1) is 0 Å². The molecule has 4 aromatic rings. The predicted octanol–water partition coefficient (Wildman–Crippen LogP) is 5.29. The Bertz CT molecular complexity index is 1340. The maximum absolute atomic E-state index is 13.4. The van der Waals surface area contributed by atoms with Gasteiger partial charge in [0.2, 0.25) is 11.8 Å². The molecule has 0 atom stereocenters. The first-order valence-electron chi connectivity index (χ1n) is 10.4. The molecule has 0 N–H and O–H groups in total. The quantitative estimate of drug-likeness (QED) is 0.420. The normalized spacial score (nSPS) is 13.6. The number of carbonyl (C=O) groups excluding carboxylic acids is 2. The van der Waals surface area contributed by atoms with Crippen LogP contribution in [0.25, 0.3) is 33.6 Å². The fraction of sp³-hybridized carbons (Fsp3) is 0.0741. The van der Waals surface area contributed by atoms with Crippen molar-refractivity contribution in [2.24, 2.45) is 0 Å². The molecular weight excluding hydrogens is 402 g/mol. The van der Waals surface area contributed by atoms with Crippen LogP contribution in [0.3, 0.4) is 0 Å². The van der Waals surface area contributed by atoms with Crippen molar-refractivity contribution in [3.05, 3.63) is 101 Å². The Hall–Kier alpha value is -4.25. The van der Waals surface area contributed by atoms with E-state index in [-0.39, 0.29) is 18.5 Å². The zero-order chi connectivity index (χ0) is 22.1. The number of imide groups is 1. The fourth-order valence-corrected chi connectivity index (χ4v) is 4.11. The van der Waals surface area contributed by atoms with Crippen molar-refractivity contribution in [3.8, 4) is 33.6 Å². The summed E-state index contributed by atoms with van der Waals surface area (Å²) in [5, 5.41) is 0. The average molecular weight is 421 g/mol. The molecule has 0 saturated carbocycles. The van der Waals surface area contributed by atoms with Gasteiger partial charge in [0.1, 0.15) is 11.4 Å². The molecule has 3 aromatic carbocycles. The molecule has 1 aliphatic rings. The van der Waals surface area contributed by atoms with E-state index in [1.165, 1.54) is 0 Å². The van der Waals surface area contributed by atoms with Crippen LogP contribution >= 0.6 is 0 Å². The third-order valence-electron chi connectivity index (χ3n) is 5.54. The second kappa shape index (κ2) is 8.12. The molecule has 156 valence electrons. The topological polar surface area (TPSA) is 67.6 Å². The largest absolute Gasteiger partial charge is 0.420 e. The van der Waals surface area contributed by atoms with Crippen molar-refractivity contribution >= 4 is 17.5 Å². The SMILES string of the molecule is O=C1CCC(=O)N1c1c(-c2ccccc2)c(-c2ccccc2)c(-c2ccccc2)oc1=O. The number of hydrogen-bond donors (Lipinski definition) is 0. The number of hydrogen-bond acceptors (Lipinski definition) is 4. The first-order chi connectivity index (χ1) is 15.6. The highest BCUT2D eigenvalue weighted by molar-refractivity contribution is 6.22. The summed E-state index contributed by atoms with van der Waals surface area (Å²) in [6.07, 6.45) is 0.154. The summed E-state index contributed by atoms with van der Waals surface area (Å²) in [7, 11) is 0. The zero-order valence-corrected chi connectivity index (χ0v) is 17.2. The van der Waals surface area contributed by atoms with E-state index in [1.807, 2.05) is 91.0 Å². The third kappa shape index (κ3) is 3.34. The summed E-state index contributed by atoms with van der Waals surface area (Å²) in [5.74, 6) is -0.402. The van der Waals surface area contributed by atoms with Gasteiger partial charge in [0.25, 0.3) is 0 Å². The van der Waals surface area contributed by atoms with E-state index in [4.69, 9.17) is 4.42 Å². The number of nitrogens with zero attached hydrogens (tertiary/aromatic N) is 1. The summed E-state index contributed by atoms with van der Waals surface area (Å²) < 4.78 is 5.85. The standard InChI is InChI=1S/C27H19NO4/c29-21-16-17-22(30)28(21)25-23(18-10-4-1-5-11-18)24(19-12-6-2-7-13-19)26(32-27(25)31)20-14-8-3-9-15-20/h1-15H,16-17H2. The summed E-state index contributed by atoms with van der Waals surface area (Å²) in [4.78, 5) is 39.6. The van der Waals surface area contributed by atoms with Gasteiger partial charge in [0.05, 0.1) is 0 Å². The van der Waals surface area contributed by atoms with Gasteiger partial charge in [-0.25, -0.2) is 9.69 Å². The van der Waals surface area contributed by atoms with E-state index in [1.54, 1.807) is 0 Å². The summed E-state index contributed by atoms with van der Waals surface area (Å²) in [6, 6.07) is 28.2. The zero-order valence-electron chi connectivity index (χ0n) is 17.2. The minimum Gasteiger partial charge on any atom is -0.420 e. The molecule has 1 fully saturated rings. The van der Waals surface area contributed by atoms with Crippen LogP contribution in [0.1, 0.15) is 12.8 Å². The van der Waals surface area contributed by atoms with Gasteiger partial charge < -0.3 is 4.42 Å². The number of carbonyl (C=O) groups is 2. The van der Waals surface area contributed by atoms with Crippen molar-refractivity contribution in [1.29, 1.82) is 0 Å². The highest BCUT2D eigenvalue weighted by Crippen LogP contribution is 2.44. The maximum atomic E-state index is 13.4. The minimum absolute atomic E-state index is 0.0257. The Labute approximate surface area is 184 Å². The van der Waals surface area contributed by atoms with Gasteiger partial charge in [0, 0.05) is 29.5 Å². The second-order valence-electron chi connectivity index (χ2n) is 7.54. The Morgan fingerprint density at radius 3 is 1.50 bits per heavy atom. The maximum Gasteiger partial charge on any atom is 0.361 e. The van der Waals surface area contributed by atoms with Gasteiger partial charge in [-0.2, -0.15) is 0 Å². The molecule has 2 amide bonds. The van der Waals surface area contributed by atoms with Gasteiger partial charge in [-0.1, -0.05) is 91.0 Å². The Kier molecular flexibility index (Phi) is 5.00. The second-order valence-corrected chi connectivity index (χ2v) is 7.54. The summed E-state index contributed by atoms with van der Waals surface area (Å²) in [6.45, 7) is 0. The monoisotopic (exact) mass is 421 g/mol. The van der Waals surface area contributed by atoms with Crippen LogP contribution in [0, 0.1) is 0 Å². The molecule has 0 radical (unpaired) electrons. The van der Waals surface area contributed by atoms with Gasteiger partial charge in [-0.3, -0.25) is 9.59 Å². The summed E-state index contributed by atoms with van der Waals surface area (Å²) in [5.41, 5.74) is 2.69. The third-order valence-corrected chi connectivity index (χ3v) is 5.54. The summed E-state index contributed by atoms with van der Waals surface area (Å²) >= 11 is 0. The molecule has 1 aromatic heterocycles. The molecule has 32 heavy (non-hydrogen) atoms. The molecule has 1 saturated heterocycles. The molecule has 5 rings (SSSR count).